The van der Waals surface area contributed by atoms with Gasteiger partial charge in [0.15, 0.2) is 0 Å². The number of hydrogen-bond acceptors (Lipinski definition) is 3. The van der Waals surface area contributed by atoms with Crippen LogP contribution in [0.1, 0.15) is 0 Å². The molecule has 5 heteroatoms. The van der Waals surface area contributed by atoms with Gasteiger partial charge in [-0.1, -0.05) is 96.0 Å². The Balaban J connectivity index is 1.19. The van der Waals surface area contributed by atoms with Gasteiger partial charge in [0.25, 0.3) is 0 Å². The predicted molar refractivity (Wildman–Crippen MR) is 208 cm³/mol. The number of hydrogen-bond donors (Lipinski definition) is 0. The van der Waals surface area contributed by atoms with Gasteiger partial charge in [-0.25, -0.2) is 0 Å². The molecule has 0 saturated heterocycles. The van der Waals surface area contributed by atoms with E-state index < -0.39 is 0 Å². The number of fused-ring (bicyclic) bond motifs is 6. The number of thiophene rings is 2. The zero-order chi connectivity index (χ0) is 31.5. The summed E-state index contributed by atoms with van der Waals surface area (Å²) >= 11 is 16.4. The quantitative estimate of drug-likeness (QED) is 0.175. The zero-order valence-corrected chi connectivity index (χ0v) is 28.1. The third kappa shape index (κ3) is 5.17. The highest BCUT2D eigenvalue weighted by Gasteiger charge is 2.17. The van der Waals surface area contributed by atoms with Crippen molar-refractivity contribution in [3.05, 3.63) is 162 Å². The molecule has 0 unspecified atom stereocenters. The molecule has 47 heavy (non-hydrogen) atoms. The molecule has 0 aliphatic carbocycles. The van der Waals surface area contributed by atoms with E-state index in [9.17, 15) is 0 Å². The monoisotopic (exact) mass is 677 g/mol. The van der Waals surface area contributed by atoms with Gasteiger partial charge in [0.2, 0.25) is 0 Å². The van der Waals surface area contributed by atoms with Crippen molar-refractivity contribution in [3.8, 4) is 22.3 Å². The summed E-state index contributed by atoms with van der Waals surface area (Å²) in [5.41, 5.74) is 7.90. The second-order valence-corrected chi connectivity index (χ2v) is 14.7. The fourth-order valence-corrected chi connectivity index (χ4v) is 9.27. The van der Waals surface area contributed by atoms with Gasteiger partial charge in [0.1, 0.15) is 0 Å². The molecule has 0 amide bonds. The maximum atomic E-state index is 6.35. The molecule has 7 aromatic carbocycles. The first-order valence-corrected chi connectivity index (χ1v) is 17.8. The molecular formula is C42H25Cl2NS2. The van der Waals surface area contributed by atoms with Gasteiger partial charge in [0, 0.05) is 67.5 Å². The van der Waals surface area contributed by atoms with Crippen LogP contribution in [0.15, 0.2) is 152 Å². The minimum atomic E-state index is 0.637. The maximum Gasteiger partial charge on any atom is 0.0476 e. The average Bonchev–Trinajstić information content (AvgIpc) is 3.66. The van der Waals surface area contributed by atoms with Crippen LogP contribution in [0.2, 0.25) is 10.0 Å². The minimum absolute atomic E-state index is 0.637. The van der Waals surface area contributed by atoms with Crippen LogP contribution < -0.4 is 4.90 Å². The van der Waals surface area contributed by atoms with Crippen molar-refractivity contribution < 1.29 is 0 Å². The van der Waals surface area contributed by atoms with E-state index >= 15 is 0 Å². The Kier molecular flexibility index (Phi) is 7.02. The van der Waals surface area contributed by atoms with Crippen LogP contribution in [-0.2, 0) is 0 Å². The molecule has 0 bridgehead atoms. The molecule has 9 aromatic rings. The van der Waals surface area contributed by atoms with Crippen LogP contribution in [0.3, 0.4) is 0 Å². The summed E-state index contributed by atoms with van der Waals surface area (Å²) in [7, 11) is 0. The van der Waals surface area contributed by atoms with E-state index in [-0.39, 0.29) is 0 Å². The largest absolute Gasteiger partial charge is 0.310 e. The lowest BCUT2D eigenvalue weighted by molar-refractivity contribution is 1.30. The summed E-state index contributed by atoms with van der Waals surface area (Å²) < 4.78 is 5.10. The van der Waals surface area contributed by atoms with Gasteiger partial charge in [-0.05, 0) is 101 Å². The molecule has 0 N–H and O–H groups in total. The molecule has 0 radical (unpaired) electrons. The third-order valence-electron chi connectivity index (χ3n) is 8.76. The average molecular weight is 679 g/mol. The van der Waals surface area contributed by atoms with Crippen molar-refractivity contribution in [3.63, 3.8) is 0 Å². The Morgan fingerprint density at radius 2 is 0.894 bits per heavy atom. The van der Waals surface area contributed by atoms with E-state index in [0.29, 0.717) is 10.0 Å². The van der Waals surface area contributed by atoms with Crippen molar-refractivity contribution in [2.24, 2.45) is 0 Å². The van der Waals surface area contributed by atoms with E-state index in [1.165, 1.54) is 51.5 Å². The first-order chi connectivity index (χ1) is 23.1. The van der Waals surface area contributed by atoms with E-state index in [0.717, 1.165) is 28.2 Å². The summed E-state index contributed by atoms with van der Waals surface area (Å²) in [5.74, 6) is 0. The summed E-state index contributed by atoms with van der Waals surface area (Å²) in [5, 5.41) is 6.32. The van der Waals surface area contributed by atoms with Gasteiger partial charge >= 0.3 is 0 Å². The van der Waals surface area contributed by atoms with Crippen molar-refractivity contribution in [2.75, 3.05) is 4.90 Å². The summed E-state index contributed by atoms with van der Waals surface area (Å²) in [4.78, 5) is 2.38. The Morgan fingerprint density at radius 3 is 1.70 bits per heavy atom. The van der Waals surface area contributed by atoms with Crippen LogP contribution in [0.4, 0.5) is 17.1 Å². The topological polar surface area (TPSA) is 3.24 Å². The van der Waals surface area contributed by atoms with Gasteiger partial charge in [-0.15, -0.1) is 22.7 Å². The zero-order valence-electron chi connectivity index (χ0n) is 25.0. The van der Waals surface area contributed by atoms with Gasteiger partial charge < -0.3 is 4.90 Å². The molecule has 2 heterocycles. The highest BCUT2D eigenvalue weighted by molar-refractivity contribution is 7.26. The normalized spacial score (nSPS) is 11.6. The first kappa shape index (κ1) is 28.6. The summed E-state index contributed by atoms with van der Waals surface area (Å²) in [6.07, 6.45) is 0. The molecule has 0 aliphatic rings. The molecule has 9 rings (SSSR count). The highest BCUT2D eigenvalue weighted by atomic mass is 35.5. The van der Waals surface area contributed by atoms with Crippen molar-refractivity contribution >= 4 is 103 Å². The minimum Gasteiger partial charge on any atom is -0.310 e. The molecule has 2 aromatic heterocycles. The first-order valence-electron chi connectivity index (χ1n) is 15.4. The fraction of sp³-hybridized carbons (Fsp3) is 0. The second kappa shape index (κ2) is 11.6. The Labute approximate surface area is 290 Å². The lowest BCUT2D eigenvalue weighted by Gasteiger charge is -2.26. The van der Waals surface area contributed by atoms with Crippen LogP contribution in [0.25, 0.3) is 62.6 Å². The van der Waals surface area contributed by atoms with Gasteiger partial charge in [0.05, 0.1) is 0 Å². The summed E-state index contributed by atoms with van der Waals surface area (Å²) in [6.45, 7) is 0. The standard InChI is InChI=1S/C42H25Cl2NS2/c43-30-20-29(21-31(44)23-30)28-12-18-40-37(22-28)36-17-15-34(25-42(36)47-40)45(32-13-10-27(11-14-32)26-6-2-1-3-7-26)33-16-19-41-38(24-33)35-8-4-5-9-39(35)46-41/h1-25H. The maximum absolute atomic E-state index is 6.35. The highest BCUT2D eigenvalue weighted by Crippen LogP contribution is 2.44. The number of nitrogens with zero attached hydrogens (tertiary/aromatic N) is 1. The smallest absolute Gasteiger partial charge is 0.0476 e. The second-order valence-electron chi connectivity index (χ2n) is 11.7. The van der Waals surface area contributed by atoms with Crippen LogP contribution in [0, 0.1) is 0 Å². The fourth-order valence-electron chi connectivity index (χ4n) is 6.54. The molecule has 1 nitrogen and oxygen atoms in total. The number of anilines is 3. The van der Waals surface area contributed by atoms with Gasteiger partial charge in [-0.2, -0.15) is 0 Å². The molecule has 224 valence electrons. The summed E-state index contributed by atoms with van der Waals surface area (Å²) in [6, 6.07) is 54.2. The predicted octanol–water partition coefficient (Wildman–Crippen LogP) is 14.5. The number of halogens is 2. The Morgan fingerprint density at radius 1 is 0.340 bits per heavy atom. The van der Waals surface area contributed by atoms with Crippen molar-refractivity contribution in [1.29, 1.82) is 0 Å². The van der Waals surface area contributed by atoms with Gasteiger partial charge in [-0.3, -0.25) is 0 Å². The van der Waals surface area contributed by atoms with E-state index in [4.69, 9.17) is 23.2 Å². The van der Waals surface area contributed by atoms with E-state index in [1.807, 2.05) is 34.8 Å². The Hall–Kier alpha value is -4.64. The van der Waals surface area contributed by atoms with Crippen LogP contribution in [-0.4, -0.2) is 0 Å². The number of benzene rings is 7. The van der Waals surface area contributed by atoms with Crippen molar-refractivity contribution in [1.82, 2.24) is 0 Å². The molecule has 0 atom stereocenters. The Bertz CT molecular complexity index is 2580. The molecular weight excluding hydrogens is 654 g/mol. The van der Waals surface area contributed by atoms with E-state index in [1.54, 1.807) is 6.07 Å². The van der Waals surface area contributed by atoms with E-state index in [2.05, 4.69) is 138 Å². The van der Waals surface area contributed by atoms with Crippen LogP contribution >= 0.6 is 45.9 Å². The molecule has 0 spiro atoms. The molecule has 0 fully saturated rings. The molecule has 0 saturated carbocycles. The lowest BCUT2D eigenvalue weighted by Crippen LogP contribution is -2.09. The third-order valence-corrected chi connectivity index (χ3v) is 11.5. The van der Waals surface area contributed by atoms with Crippen molar-refractivity contribution in [2.45, 2.75) is 0 Å². The number of rotatable bonds is 5. The molecule has 0 aliphatic heterocycles. The SMILES string of the molecule is Clc1cc(Cl)cc(-c2ccc3sc4cc(N(c5ccc(-c6ccccc6)cc5)c5ccc6sc7ccccc7c6c5)ccc4c3c2)c1. The lowest BCUT2D eigenvalue weighted by atomic mass is 10.0. The van der Waals surface area contributed by atoms with Crippen LogP contribution in [0.5, 0.6) is 0 Å².